The predicted molar refractivity (Wildman–Crippen MR) is 273 cm³/mol. The molecule has 0 aromatic carbocycles. The topological polar surface area (TPSA) is 89.8 Å². The van der Waals surface area contributed by atoms with Gasteiger partial charge in [-0.1, -0.05) is 288 Å². The fourth-order valence-corrected chi connectivity index (χ4v) is 8.63. The summed E-state index contributed by atoms with van der Waals surface area (Å²) in [5.74, 6) is -0.512. The molecule has 0 saturated carbocycles. The third kappa shape index (κ3) is 46.6. The fourth-order valence-electron chi connectivity index (χ4n) is 8.63. The molecule has 0 aliphatic rings. The van der Waals surface area contributed by atoms with E-state index in [1.165, 1.54) is 231 Å². The zero-order valence-electron chi connectivity index (χ0n) is 41.8. The molecule has 0 saturated heterocycles. The first-order valence-electron chi connectivity index (χ1n) is 27.8. The number of carbonyl (C=O) groups excluding carboxylic acids is 1. The van der Waals surface area contributed by atoms with Crippen molar-refractivity contribution in [1.29, 1.82) is 0 Å². The smallest absolute Gasteiger partial charge is 0.249 e. The van der Waals surface area contributed by atoms with Gasteiger partial charge in [0.25, 0.3) is 0 Å². The molecule has 0 heterocycles. The number of allylic oxidation sites excluding steroid dienone is 5. The van der Waals surface area contributed by atoms with Crippen LogP contribution in [-0.4, -0.2) is 46.1 Å². The van der Waals surface area contributed by atoms with Crippen LogP contribution in [-0.2, 0) is 4.79 Å². The van der Waals surface area contributed by atoms with Gasteiger partial charge in [0.2, 0.25) is 5.91 Å². The van der Waals surface area contributed by atoms with E-state index in [4.69, 9.17) is 0 Å². The van der Waals surface area contributed by atoms with Gasteiger partial charge < -0.3 is 20.6 Å². The minimum Gasteiger partial charge on any atom is -0.394 e. The number of aliphatic hydroxyl groups is 3. The summed E-state index contributed by atoms with van der Waals surface area (Å²) in [5, 5.41) is 33.3. The van der Waals surface area contributed by atoms with Crippen molar-refractivity contribution in [3.63, 3.8) is 0 Å². The molecule has 0 rings (SSSR count). The number of hydrogen-bond donors (Lipinski definition) is 4. The second-order valence-electron chi connectivity index (χ2n) is 19.1. The number of amides is 1. The molecule has 0 aliphatic heterocycles. The second kappa shape index (κ2) is 52.2. The van der Waals surface area contributed by atoms with E-state index in [1.807, 2.05) is 6.08 Å². The highest BCUT2D eigenvalue weighted by Crippen LogP contribution is 2.17. The van der Waals surface area contributed by atoms with Gasteiger partial charge in [-0.15, -0.1) is 0 Å². The lowest BCUT2D eigenvalue weighted by molar-refractivity contribution is -0.131. The van der Waals surface area contributed by atoms with Crippen LogP contribution in [0.4, 0.5) is 0 Å². The van der Waals surface area contributed by atoms with Crippen LogP contribution in [0.25, 0.3) is 0 Å². The Balaban J connectivity index is 3.63. The lowest BCUT2D eigenvalue weighted by atomic mass is 10.0. The van der Waals surface area contributed by atoms with Crippen molar-refractivity contribution < 1.29 is 20.1 Å². The molecule has 0 aromatic rings. The lowest BCUT2D eigenvalue weighted by Gasteiger charge is -2.21. The Labute approximate surface area is 387 Å². The number of carbonyl (C=O) groups is 1. The number of nitrogens with one attached hydrogen (secondary N) is 1. The maximum Gasteiger partial charge on any atom is 0.249 e. The number of hydrogen-bond acceptors (Lipinski definition) is 4. The van der Waals surface area contributed by atoms with Crippen molar-refractivity contribution in [3.05, 3.63) is 36.5 Å². The maximum absolute atomic E-state index is 12.5. The Morgan fingerprint density at radius 2 is 0.661 bits per heavy atom. The van der Waals surface area contributed by atoms with Gasteiger partial charge in [0, 0.05) is 0 Å². The summed E-state index contributed by atoms with van der Waals surface area (Å²) in [4.78, 5) is 12.5. The molecular formula is C57H109NO4. The van der Waals surface area contributed by atoms with E-state index in [-0.39, 0.29) is 6.61 Å². The Kier molecular flexibility index (Phi) is 51.0. The fraction of sp³-hybridized carbons (Fsp3) is 0.877. The van der Waals surface area contributed by atoms with Crippen LogP contribution in [0.15, 0.2) is 36.5 Å². The second-order valence-corrected chi connectivity index (χ2v) is 19.1. The van der Waals surface area contributed by atoms with Gasteiger partial charge in [-0.2, -0.15) is 0 Å². The predicted octanol–water partition coefficient (Wildman–Crippen LogP) is 17.1. The average molecular weight is 873 g/mol. The van der Waals surface area contributed by atoms with Gasteiger partial charge >= 0.3 is 0 Å². The molecule has 0 aromatic heterocycles. The summed E-state index contributed by atoms with van der Waals surface area (Å²) < 4.78 is 0. The van der Waals surface area contributed by atoms with Crippen LogP contribution in [0.3, 0.4) is 0 Å². The van der Waals surface area contributed by atoms with E-state index in [1.54, 1.807) is 6.08 Å². The van der Waals surface area contributed by atoms with E-state index < -0.39 is 24.2 Å². The minimum absolute atomic E-state index is 0.379. The highest BCUT2D eigenvalue weighted by molar-refractivity contribution is 5.80. The van der Waals surface area contributed by atoms with Crippen LogP contribution in [0.2, 0.25) is 0 Å². The summed E-state index contributed by atoms with van der Waals surface area (Å²) in [5.41, 5.74) is 0. The number of aliphatic hydroxyl groups excluding tert-OH is 3. The van der Waals surface area contributed by atoms with Gasteiger partial charge in [0.1, 0.15) is 6.10 Å². The van der Waals surface area contributed by atoms with Crippen molar-refractivity contribution >= 4 is 5.91 Å². The molecule has 0 aliphatic carbocycles. The zero-order valence-corrected chi connectivity index (χ0v) is 41.8. The molecule has 1 amide bonds. The maximum atomic E-state index is 12.5. The highest BCUT2D eigenvalue weighted by Gasteiger charge is 2.22. The van der Waals surface area contributed by atoms with Crippen molar-refractivity contribution in [2.24, 2.45) is 0 Å². The van der Waals surface area contributed by atoms with Crippen LogP contribution < -0.4 is 5.32 Å². The van der Waals surface area contributed by atoms with Gasteiger partial charge in [-0.25, -0.2) is 0 Å². The van der Waals surface area contributed by atoms with Gasteiger partial charge in [0.05, 0.1) is 18.8 Å². The van der Waals surface area contributed by atoms with Crippen LogP contribution >= 0.6 is 0 Å². The van der Waals surface area contributed by atoms with Crippen LogP contribution in [0, 0.1) is 0 Å². The van der Waals surface area contributed by atoms with Gasteiger partial charge in [0.15, 0.2) is 0 Å². The molecule has 0 spiro atoms. The molecule has 366 valence electrons. The minimum atomic E-state index is -1.11. The molecule has 0 radical (unpaired) electrons. The van der Waals surface area contributed by atoms with E-state index in [0.29, 0.717) is 6.42 Å². The van der Waals surface area contributed by atoms with E-state index in [0.717, 1.165) is 44.9 Å². The monoisotopic (exact) mass is 872 g/mol. The quantitative estimate of drug-likeness (QED) is 0.0362. The molecule has 0 bridgehead atoms. The first-order valence-corrected chi connectivity index (χ1v) is 27.8. The molecule has 0 fully saturated rings. The Morgan fingerprint density at radius 3 is 0.984 bits per heavy atom. The van der Waals surface area contributed by atoms with E-state index in [2.05, 4.69) is 43.5 Å². The van der Waals surface area contributed by atoms with Crippen molar-refractivity contribution in [1.82, 2.24) is 5.32 Å². The van der Waals surface area contributed by atoms with Crippen LogP contribution in [0.1, 0.15) is 296 Å². The third-order valence-corrected chi connectivity index (χ3v) is 13.0. The molecule has 5 nitrogen and oxygen atoms in total. The van der Waals surface area contributed by atoms with Crippen molar-refractivity contribution in [2.45, 2.75) is 315 Å². The Morgan fingerprint density at radius 1 is 0.387 bits per heavy atom. The molecule has 4 N–H and O–H groups in total. The first kappa shape index (κ1) is 60.6. The Hall–Kier alpha value is -1.43. The number of rotatable bonds is 51. The summed E-state index contributed by atoms with van der Waals surface area (Å²) in [6.07, 6.45) is 67.9. The summed E-state index contributed by atoms with van der Waals surface area (Å²) in [6, 6.07) is -0.820. The normalized spacial score (nSPS) is 13.6. The first-order chi connectivity index (χ1) is 30.6. The lowest BCUT2D eigenvalue weighted by Crippen LogP contribution is -2.48. The summed E-state index contributed by atoms with van der Waals surface area (Å²) in [7, 11) is 0. The summed E-state index contributed by atoms with van der Waals surface area (Å²) >= 11 is 0. The molecule has 3 unspecified atom stereocenters. The standard InChI is InChI=1S/C57H109NO4/c1-3-5-7-9-11-13-15-17-19-21-23-25-27-28-30-31-33-35-37-39-41-43-45-47-49-51-55(60)54(53-59)58-57(62)56(61)52-50-48-46-44-42-40-38-36-34-32-29-26-24-22-20-18-16-14-12-10-8-6-4-2/h33,35,41,43,49,51,54-56,59-61H,3-32,34,36-40,42,44-48,50,52-53H2,1-2H3,(H,58,62)/b35-33+,43-41+,51-49+. The molecule has 5 heteroatoms. The van der Waals surface area contributed by atoms with E-state index >= 15 is 0 Å². The highest BCUT2D eigenvalue weighted by atomic mass is 16.3. The Bertz CT molecular complexity index is 962. The van der Waals surface area contributed by atoms with Gasteiger partial charge in [-0.05, 0) is 44.9 Å². The van der Waals surface area contributed by atoms with Crippen LogP contribution in [0.5, 0.6) is 0 Å². The summed E-state index contributed by atoms with van der Waals surface area (Å²) in [6.45, 7) is 4.20. The largest absolute Gasteiger partial charge is 0.394 e. The number of unbranched alkanes of at least 4 members (excludes halogenated alkanes) is 39. The third-order valence-electron chi connectivity index (χ3n) is 13.0. The molecule has 62 heavy (non-hydrogen) atoms. The zero-order chi connectivity index (χ0) is 45.1. The SMILES string of the molecule is CCCCCCCCCCCCCCCCC/C=C/CC/C=C/CC/C=C/C(O)C(CO)NC(=O)C(O)CCCCCCCCCCCCCCCCCCCCCCCCC. The van der Waals surface area contributed by atoms with E-state index in [9.17, 15) is 20.1 Å². The van der Waals surface area contributed by atoms with Gasteiger partial charge in [-0.3, -0.25) is 4.79 Å². The van der Waals surface area contributed by atoms with Crippen molar-refractivity contribution in [3.8, 4) is 0 Å². The molecule has 3 atom stereocenters. The average Bonchev–Trinajstić information content (AvgIpc) is 3.28. The molecular weight excluding hydrogens is 763 g/mol. The van der Waals surface area contributed by atoms with Crippen molar-refractivity contribution in [2.75, 3.05) is 6.61 Å².